The number of nitrogens with zero attached hydrogens (tertiary/aromatic N) is 1. The number of anilines is 1. The number of thiazole rings is 1. The lowest BCUT2D eigenvalue weighted by atomic mass is 9.97. The van der Waals surface area contributed by atoms with Crippen molar-refractivity contribution in [1.29, 1.82) is 0 Å². The first-order valence-corrected chi connectivity index (χ1v) is 9.11. The van der Waals surface area contributed by atoms with Crippen LogP contribution in [0.3, 0.4) is 0 Å². The molecule has 3 rings (SSSR count). The number of nitrogens with one attached hydrogen (secondary N) is 2. The first-order chi connectivity index (χ1) is 11.2. The van der Waals surface area contributed by atoms with Crippen molar-refractivity contribution in [3.05, 3.63) is 45.9 Å². The Hall–Kier alpha value is -1.43. The first kappa shape index (κ1) is 16.4. The van der Waals surface area contributed by atoms with E-state index < -0.39 is 0 Å². The normalized spacial score (nSPS) is 15.5. The zero-order valence-corrected chi connectivity index (χ0v) is 14.4. The Morgan fingerprint density at radius 2 is 2.13 bits per heavy atom. The highest BCUT2D eigenvalue weighted by Crippen LogP contribution is 2.31. The van der Waals surface area contributed by atoms with E-state index in [0.717, 1.165) is 31.5 Å². The summed E-state index contributed by atoms with van der Waals surface area (Å²) in [5.74, 6) is 0.554. The first-order valence-electron chi connectivity index (χ1n) is 7.92. The van der Waals surface area contributed by atoms with Crippen molar-refractivity contribution in [2.75, 3.05) is 18.4 Å². The molecule has 1 fully saturated rings. The molecule has 0 bridgehead atoms. The van der Waals surface area contributed by atoms with Crippen molar-refractivity contribution in [1.82, 2.24) is 10.3 Å². The molecular weight excluding hydrogens is 330 g/mol. The number of aryl methyl sites for hydroxylation is 1. The van der Waals surface area contributed by atoms with E-state index in [1.54, 1.807) is 11.3 Å². The highest BCUT2D eigenvalue weighted by molar-refractivity contribution is 7.15. The van der Waals surface area contributed by atoms with Gasteiger partial charge in [-0.1, -0.05) is 29.8 Å². The van der Waals surface area contributed by atoms with Crippen LogP contribution < -0.4 is 10.6 Å². The van der Waals surface area contributed by atoms with Gasteiger partial charge in [0.2, 0.25) is 5.91 Å². The largest absolute Gasteiger partial charge is 0.317 e. The predicted molar refractivity (Wildman–Crippen MR) is 95.4 cm³/mol. The van der Waals surface area contributed by atoms with Gasteiger partial charge in [0.05, 0.1) is 0 Å². The Morgan fingerprint density at radius 3 is 2.91 bits per heavy atom. The van der Waals surface area contributed by atoms with Gasteiger partial charge in [-0.2, -0.15) is 0 Å². The van der Waals surface area contributed by atoms with E-state index in [4.69, 9.17) is 11.6 Å². The molecule has 1 aromatic heterocycles. The van der Waals surface area contributed by atoms with Crippen LogP contribution in [0.5, 0.6) is 0 Å². The third-order valence-corrected chi connectivity index (χ3v) is 5.53. The zero-order valence-electron chi connectivity index (χ0n) is 12.8. The second-order valence-electron chi connectivity index (χ2n) is 5.73. The molecule has 2 heterocycles. The van der Waals surface area contributed by atoms with Gasteiger partial charge in [-0.05, 0) is 49.9 Å². The van der Waals surface area contributed by atoms with E-state index in [-0.39, 0.29) is 5.91 Å². The van der Waals surface area contributed by atoms with Gasteiger partial charge in [-0.25, -0.2) is 4.98 Å². The standard InChI is InChI=1S/C17H20ClN3OS/c18-14-4-2-1-3-12(14)5-6-16(22)21-17-20-11-15(23-17)13-7-9-19-10-8-13/h1-4,11,13,19H,5-10H2,(H,20,21,22). The van der Waals surface area contributed by atoms with Crippen LogP contribution >= 0.6 is 22.9 Å². The molecule has 0 atom stereocenters. The molecule has 0 saturated carbocycles. The molecular formula is C17H20ClN3OS. The van der Waals surface area contributed by atoms with Crippen LogP contribution in [0.2, 0.25) is 5.02 Å². The number of benzene rings is 1. The number of amides is 1. The molecule has 2 aromatic rings. The van der Waals surface area contributed by atoms with Crippen molar-refractivity contribution < 1.29 is 4.79 Å². The van der Waals surface area contributed by atoms with Crippen molar-refractivity contribution in [3.8, 4) is 0 Å². The number of piperidine rings is 1. The molecule has 1 amide bonds. The van der Waals surface area contributed by atoms with Crippen LogP contribution in [0, 0.1) is 0 Å². The van der Waals surface area contributed by atoms with E-state index in [1.807, 2.05) is 30.5 Å². The summed E-state index contributed by atoms with van der Waals surface area (Å²) in [6.45, 7) is 2.12. The van der Waals surface area contributed by atoms with Gasteiger partial charge in [-0.3, -0.25) is 4.79 Å². The molecule has 0 spiro atoms. The number of halogens is 1. The summed E-state index contributed by atoms with van der Waals surface area (Å²) in [7, 11) is 0. The summed E-state index contributed by atoms with van der Waals surface area (Å²) in [5, 5.41) is 7.67. The second kappa shape index (κ2) is 7.90. The van der Waals surface area contributed by atoms with Crippen LogP contribution in [-0.4, -0.2) is 24.0 Å². The smallest absolute Gasteiger partial charge is 0.226 e. The lowest BCUT2D eigenvalue weighted by Crippen LogP contribution is -2.26. The molecule has 0 radical (unpaired) electrons. The average molecular weight is 350 g/mol. The number of carbonyl (C=O) groups excluding carboxylic acids is 1. The van der Waals surface area contributed by atoms with Crippen molar-refractivity contribution in [2.45, 2.75) is 31.6 Å². The van der Waals surface area contributed by atoms with Gasteiger partial charge in [0, 0.05) is 22.5 Å². The van der Waals surface area contributed by atoms with Crippen LogP contribution in [0.1, 0.15) is 35.6 Å². The molecule has 1 aromatic carbocycles. The van der Waals surface area contributed by atoms with Gasteiger partial charge in [0.15, 0.2) is 5.13 Å². The topological polar surface area (TPSA) is 54.0 Å². The molecule has 6 heteroatoms. The fourth-order valence-electron chi connectivity index (χ4n) is 2.77. The predicted octanol–water partition coefficient (Wildman–Crippen LogP) is 3.83. The summed E-state index contributed by atoms with van der Waals surface area (Å²) in [6.07, 6.45) is 5.23. The van der Waals surface area contributed by atoms with Crippen LogP contribution in [0.4, 0.5) is 5.13 Å². The highest BCUT2D eigenvalue weighted by atomic mass is 35.5. The van der Waals surface area contributed by atoms with E-state index in [1.165, 1.54) is 4.88 Å². The van der Waals surface area contributed by atoms with Crippen molar-refractivity contribution in [3.63, 3.8) is 0 Å². The fraction of sp³-hybridized carbons (Fsp3) is 0.412. The second-order valence-corrected chi connectivity index (χ2v) is 7.20. The van der Waals surface area contributed by atoms with Crippen molar-refractivity contribution in [2.24, 2.45) is 0 Å². The Bertz CT molecular complexity index is 667. The van der Waals surface area contributed by atoms with E-state index in [0.29, 0.717) is 28.9 Å². The average Bonchev–Trinajstić information content (AvgIpc) is 3.03. The number of hydrogen-bond acceptors (Lipinski definition) is 4. The maximum absolute atomic E-state index is 12.1. The summed E-state index contributed by atoms with van der Waals surface area (Å²) in [6, 6.07) is 7.63. The maximum Gasteiger partial charge on any atom is 0.226 e. The maximum atomic E-state index is 12.1. The quantitative estimate of drug-likeness (QED) is 0.862. The molecule has 1 aliphatic rings. The zero-order chi connectivity index (χ0) is 16.1. The third kappa shape index (κ3) is 4.53. The highest BCUT2D eigenvalue weighted by Gasteiger charge is 2.18. The number of carbonyl (C=O) groups is 1. The Balaban J connectivity index is 1.52. The van der Waals surface area contributed by atoms with Crippen LogP contribution in [-0.2, 0) is 11.2 Å². The lowest BCUT2D eigenvalue weighted by Gasteiger charge is -2.20. The van der Waals surface area contributed by atoms with E-state index >= 15 is 0 Å². The van der Waals surface area contributed by atoms with Crippen LogP contribution in [0.15, 0.2) is 30.5 Å². The van der Waals surface area contributed by atoms with Gasteiger partial charge in [0.25, 0.3) is 0 Å². The minimum absolute atomic E-state index is 0.0175. The molecule has 4 nitrogen and oxygen atoms in total. The minimum atomic E-state index is -0.0175. The van der Waals surface area contributed by atoms with Gasteiger partial charge in [0.1, 0.15) is 0 Å². The Morgan fingerprint density at radius 1 is 1.35 bits per heavy atom. The van der Waals surface area contributed by atoms with E-state index in [9.17, 15) is 4.79 Å². The molecule has 0 aliphatic carbocycles. The number of rotatable bonds is 5. The Labute approximate surface area is 145 Å². The Kier molecular flexibility index (Phi) is 5.65. The van der Waals surface area contributed by atoms with Gasteiger partial charge in [-0.15, -0.1) is 11.3 Å². The SMILES string of the molecule is O=C(CCc1ccccc1Cl)Nc1ncc(C2CCNCC2)s1. The van der Waals surface area contributed by atoms with Crippen LogP contribution in [0.25, 0.3) is 0 Å². The summed E-state index contributed by atoms with van der Waals surface area (Å²) >= 11 is 7.71. The molecule has 23 heavy (non-hydrogen) atoms. The number of hydrogen-bond donors (Lipinski definition) is 2. The fourth-order valence-corrected chi connectivity index (χ4v) is 4.00. The molecule has 1 aliphatic heterocycles. The molecule has 0 unspecified atom stereocenters. The molecule has 1 saturated heterocycles. The van der Waals surface area contributed by atoms with Crippen molar-refractivity contribution >= 4 is 34.0 Å². The monoisotopic (exact) mass is 349 g/mol. The third-order valence-electron chi connectivity index (χ3n) is 4.09. The molecule has 2 N–H and O–H groups in total. The summed E-state index contributed by atoms with van der Waals surface area (Å²) < 4.78 is 0. The molecule has 122 valence electrons. The summed E-state index contributed by atoms with van der Waals surface area (Å²) in [4.78, 5) is 17.7. The lowest BCUT2D eigenvalue weighted by molar-refractivity contribution is -0.116. The van der Waals surface area contributed by atoms with Gasteiger partial charge >= 0.3 is 0 Å². The number of aromatic nitrogens is 1. The summed E-state index contributed by atoms with van der Waals surface area (Å²) in [5.41, 5.74) is 0.999. The van der Waals surface area contributed by atoms with Gasteiger partial charge < -0.3 is 10.6 Å². The minimum Gasteiger partial charge on any atom is -0.317 e. The van der Waals surface area contributed by atoms with E-state index in [2.05, 4.69) is 15.6 Å².